The summed E-state index contributed by atoms with van der Waals surface area (Å²) in [6, 6.07) is 7.26. The molecule has 1 unspecified atom stereocenters. The van der Waals surface area contributed by atoms with Crippen LogP contribution in [-0.2, 0) is 0 Å². The van der Waals surface area contributed by atoms with Gasteiger partial charge in [0.1, 0.15) is 5.75 Å². The number of benzene rings is 1. The molecule has 0 saturated carbocycles. The lowest BCUT2D eigenvalue weighted by Gasteiger charge is -2.14. The molecule has 0 aromatic heterocycles. The van der Waals surface area contributed by atoms with Crippen LogP contribution in [0.1, 0.15) is 51.5 Å². The molecule has 0 heterocycles. The standard InChI is InChI=1S/C15H24N2O2/c1-3-4-5-6-7-12(2)19-14-10-8-13(9-11-14)15(16)17-18/h8-12,18H,3-7H2,1-2H3,(H2,16,17). The normalized spacial score (nSPS) is 13.3. The van der Waals surface area contributed by atoms with E-state index in [4.69, 9.17) is 15.7 Å². The molecule has 0 amide bonds. The van der Waals surface area contributed by atoms with Crippen LogP contribution in [-0.4, -0.2) is 17.1 Å². The summed E-state index contributed by atoms with van der Waals surface area (Å²) >= 11 is 0. The van der Waals surface area contributed by atoms with Crippen LogP contribution < -0.4 is 10.5 Å². The maximum atomic E-state index is 8.58. The fourth-order valence-corrected chi connectivity index (χ4v) is 1.91. The third-order valence-corrected chi connectivity index (χ3v) is 3.06. The molecule has 0 aliphatic heterocycles. The van der Waals surface area contributed by atoms with Gasteiger partial charge >= 0.3 is 0 Å². The monoisotopic (exact) mass is 264 g/mol. The Morgan fingerprint density at radius 2 is 1.95 bits per heavy atom. The first kappa shape index (κ1) is 15.3. The fraction of sp³-hybridized carbons (Fsp3) is 0.533. The summed E-state index contributed by atoms with van der Waals surface area (Å²) in [5.74, 6) is 0.927. The smallest absolute Gasteiger partial charge is 0.170 e. The van der Waals surface area contributed by atoms with E-state index in [9.17, 15) is 0 Å². The Kier molecular flexibility index (Phi) is 6.79. The van der Waals surface area contributed by atoms with E-state index in [1.165, 1.54) is 25.7 Å². The van der Waals surface area contributed by atoms with Gasteiger partial charge in [-0.3, -0.25) is 0 Å². The van der Waals surface area contributed by atoms with Crippen molar-refractivity contribution in [2.75, 3.05) is 0 Å². The van der Waals surface area contributed by atoms with Crippen molar-refractivity contribution in [2.45, 2.75) is 52.1 Å². The van der Waals surface area contributed by atoms with Crippen molar-refractivity contribution in [3.8, 4) is 5.75 Å². The molecule has 0 saturated heterocycles. The molecule has 3 N–H and O–H groups in total. The largest absolute Gasteiger partial charge is 0.491 e. The third-order valence-electron chi connectivity index (χ3n) is 3.06. The van der Waals surface area contributed by atoms with E-state index >= 15 is 0 Å². The first-order valence-electron chi connectivity index (χ1n) is 6.92. The first-order chi connectivity index (χ1) is 9.17. The molecular formula is C15H24N2O2. The maximum absolute atomic E-state index is 8.58. The van der Waals surface area contributed by atoms with Crippen LogP contribution in [0, 0.1) is 0 Å². The minimum atomic E-state index is 0.110. The third kappa shape index (κ3) is 5.64. The van der Waals surface area contributed by atoms with Crippen molar-refractivity contribution in [2.24, 2.45) is 10.9 Å². The highest BCUT2D eigenvalue weighted by molar-refractivity contribution is 5.97. The van der Waals surface area contributed by atoms with Crippen LogP contribution in [0.25, 0.3) is 0 Å². The second kappa shape index (κ2) is 8.40. The van der Waals surface area contributed by atoms with Crippen molar-refractivity contribution < 1.29 is 9.94 Å². The minimum Gasteiger partial charge on any atom is -0.491 e. The molecule has 0 aliphatic carbocycles. The predicted molar refractivity (Wildman–Crippen MR) is 77.8 cm³/mol. The summed E-state index contributed by atoms with van der Waals surface area (Å²) in [5, 5.41) is 11.5. The Balaban J connectivity index is 2.40. The van der Waals surface area contributed by atoms with Crippen LogP contribution in [0.2, 0.25) is 0 Å². The fourth-order valence-electron chi connectivity index (χ4n) is 1.91. The Bertz CT molecular complexity index is 388. The molecule has 0 radical (unpaired) electrons. The van der Waals surface area contributed by atoms with E-state index in [1.54, 1.807) is 12.1 Å². The topological polar surface area (TPSA) is 67.8 Å². The molecule has 19 heavy (non-hydrogen) atoms. The first-order valence-corrected chi connectivity index (χ1v) is 6.92. The molecule has 0 aliphatic rings. The SMILES string of the molecule is CCCCCCC(C)Oc1ccc(/C(N)=N/O)cc1. The number of nitrogens with zero attached hydrogens (tertiary/aromatic N) is 1. The van der Waals surface area contributed by atoms with Gasteiger partial charge in [-0.25, -0.2) is 0 Å². The second-order valence-electron chi connectivity index (χ2n) is 4.79. The van der Waals surface area contributed by atoms with Crippen molar-refractivity contribution in [3.63, 3.8) is 0 Å². The highest BCUT2D eigenvalue weighted by Crippen LogP contribution is 2.16. The van der Waals surface area contributed by atoms with E-state index in [0.29, 0.717) is 5.56 Å². The number of hydrogen-bond acceptors (Lipinski definition) is 3. The summed E-state index contributed by atoms with van der Waals surface area (Å²) in [6.45, 7) is 4.30. The average Bonchev–Trinajstić information content (AvgIpc) is 2.43. The van der Waals surface area contributed by atoms with Gasteiger partial charge in [0.05, 0.1) is 6.10 Å². The molecule has 1 aromatic rings. The van der Waals surface area contributed by atoms with Crippen LogP contribution in [0.3, 0.4) is 0 Å². The average molecular weight is 264 g/mol. The quantitative estimate of drug-likeness (QED) is 0.248. The zero-order valence-corrected chi connectivity index (χ0v) is 11.8. The predicted octanol–water partition coefficient (Wildman–Crippen LogP) is 3.52. The van der Waals surface area contributed by atoms with Crippen molar-refractivity contribution in [1.82, 2.24) is 0 Å². The van der Waals surface area contributed by atoms with E-state index < -0.39 is 0 Å². The van der Waals surface area contributed by atoms with Gasteiger partial charge in [-0.15, -0.1) is 0 Å². The van der Waals surface area contributed by atoms with Gasteiger partial charge in [-0.2, -0.15) is 0 Å². The van der Waals surface area contributed by atoms with Crippen LogP contribution >= 0.6 is 0 Å². The molecular weight excluding hydrogens is 240 g/mol. The van der Waals surface area contributed by atoms with Gasteiger partial charge < -0.3 is 15.7 Å². The Hall–Kier alpha value is -1.71. The van der Waals surface area contributed by atoms with Gasteiger partial charge in [0, 0.05) is 5.56 Å². The van der Waals surface area contributed by atoms with Crippen LogP contribution in [0.5, 0.6) is 5.75 Å². The molecule has 4 heteroatoms. The Morgan fingerprint density at radius 3 is 2.53 bits per heavy atom. The minimum absolute atomic E-state index is 0.110. The molecule has 106 valence electrons. The molecule has 4 nitrogen and oxygen atoms in total. The summed E-state index contributed by atoms with van der Waals surface area (Å²) in [5.41, 5.74) is 6.18. The number of amidine groups is 1. The number of oxime groups is 1. The maximum Gasteiger partial charge on any atom is 0.170 e. The van der Waals surface area contributed by atoms with Gasteiger partial charge in [0.25, 0.3) is 0 Å². The number of rotatable bonds is 8. The van der Waals surface area contributed by atoms with E-state index in [-0.39, 0.29) is 11.9 Å². The molecule has 1 atom stereocenters. The Morgan fingerprint density at radius 1 is 1.26 bits per heavy atom. The lowest BCUT2D eigenvalue weighted by Crippen LogP contribution is -2.14. The summed E-state index contributed by atoms with van der Waals surface area (Å²) < 4.78 is 5.82. The molecule has 1 aromatic carbocycles. The summed E-state index contributed by atoms with van der Waals surface area (Å²) in [7, 11) is 0. The zero-order valence-electron chi connectivity index (χ0n) is 11.8. The van der Waals surface area contributed by atoms with Crippen LogP contribution in [0.4, 0.5) is 0 Å². The van der Waals surface area contributed by atoms with Gasteiger partial charge in [-0.1, -0.05) is 31.3 Å². The Labute approximate surface area is 115 Å². The number of ether oxygens (including phenoxy) is 1. The summed E-state index contributed by atoms with van der Waals surface area (Å²) in [6.07, 6.45) is 6.31. The van der Waals surface area contributed by atoms with Gasteiger partial charge in [0.2, 0.25) is 0 Å². The number of nitrogens with two attached hydrogens (primary N) is 1. The van der Waals surface area contributed by atoms with E-state index in [1.807, 2.05) is 12.1 Å². The summed E-state index contributed by atoms with van der Waals surface area (Å²) in [4.78, 5) is 0. The number of unbranched alkanes of at least 4 members (excludes halogenated alkanes) is 3. The molecule has 0 fully saturated rings. The lowest BCUT2D eigenvalue weighted by atomic mass is 10.1. The molecule has 0 spiro atoms. The van der Waals surface area contributed by atoms with Gasteiger partial charge in [-0.05, 0) is 44.0 Å². The highest BCUT2D eigenvalue weighted by atomic mass is 16.5. The van der Waals surface area contributed by atoms with Crippen molar-refractivity contribution >= 4 is 5.84 Å². The van der Waals surface area contributed by atoms with Crippen molar-refractivity contribution in [3.05, 3.63) is 29.8 Å². The molecule has 0 bridgehead atoms. The van der Waals surface area contributed by atoms with Gasteiger partial charge in [0.15, 0.2) is 5.84 Å². The van der Waals surface area contributed by atoms with E-state index in [0.717, 1.165) is 12.2 Å². The van der Waals surface area contributed by atoms with Crippen LogP contribution in [0.15, 0.2) is 29.4 Å². The zero-order chi connectivity index (χ0) is 14.1. The highest BCUT2D eigenvalue weighted by Gasteiger charge is 2.05. The number of hydrogen-bond donors (Lipinski definition) is 2. The van der Waals surface area contributed by atoms with E-state index in [2.05, 4.69) is 19.0 Å². The lowest BCUT2D eigenvalue weighted by molar-refractivity contribution is 0.206. The second-order valence-corrected chi connectivity index (χ2v) is 4.79. The molecule has 1 rings (SSSR count). The van der Waals surface area contributed by atoms with Crippen molar-refractivity contribution in [1.29, 1.82) is 0 Å².